The Morgan fingerprint density at radius 3 is 1.38 bits per heavy atom. The predicted molar refractivity (Wildman–Crippen MR) is 276 cm³/mol. The Morgan fingerprint density at radius 2 is 0.986 bits per heavy atom. The van der Waals surface area contributed by atoms with E-state index in [1.807, 2.05) is 12.1 Å². The van der Waals surface area contributed by atoms with Gasteiger partial charge in [0.25, 0.3) is 0 Å². The largest absolute Gasteiger partial charge is 0.394 e. The molecule has 0 aromatic heterocycles. The zero-order valence-corrected chi connectivity index (χ0v) is 41.8. The normalized spacial score (nSPS) is 32.7. The molecule has 71 heavy (non-hydrogen) atoms. The molecular formula is C59H90O12. The van der Waals surface area contributed by atoms with Gasteiger partial charge >= 0.3 is 0 Å². The summed E-state index contributed by atoms with van der Waals surface area (Å²) in [4.78, 5) is 0. The van der Waals surface area contributed by atoms with Crippen LogP contribution in [0.2, 0.25) is 0 Å². The van der Waals surface area contributed by atoms with E-state index in [0.29, 0.717) is 25.9 Å². The average molecular weight is 991 g/mol. The molecule has 0 radical (unpaired) electrons. The predicted octanol–water partition coefficient (Wildman–Crippen LogP) is 9.95. The van der Waals surface area contributed by atoms with Gasteiger partial charge < -0.3 is 58.3 Å². The van der Waals surface area contributed by atoms with Gasteiger partial charge in [0, 0.05) is 51.1 Å². The molecule has 2 aromatic carbocycles. The van der Waals surface area contributed by atoms with Gasteiger partial charge in [-0.25, -0.2) is 0 Å². The molecule has 15 atom stereocenters. The van der Waals surface area contributed by atoms with Crippen molar-refractivity contribution in [1.29, 1.82) is 0 Å². The highest BCUT2D eigenvalue weighted by molar-refractivity contribution is 5.17. The number of aliphatic hydroxyl groups is 4. The van der Waals surface area contributed by atoms with Crippen LogP contribution < -0.4 is 0 Å². The van der Waals surface area contributed by atoms with E-state index in [1.54, 1.807) is 0 Å². The molecule has 0 amide bonds. The Kier molecular flexibility index (Phi) is 25.7. The third kappa shape index (κ3) is 19.1. The molecule has 4 N–H and O–H groups in total. The number of benzene rings is 2. The Morgan fingerprint density at radius 1 is 0.577 bits per heavy atom. The van der Waals surface area contributed by atoms with Crippen molar-refractivity contribution in [2.75, 3.05) is 33.0 Å². The van der Waals surface area contributed by atoms with Crippen molar-refractivity contribution in [1.82, 2.24) is 0 Å². The van der Waals surface area contributed by atoms with Gasteiger partial charge in [-0.2, -0.15) is 0 Å². The molecule has 398 valence electrons. The maximum atomic E-state index is 10.9. The van der Waals surface area contributed by atoms with Crippen LogP contribution in [-0.2, 0) is 50.7 Å². The van der Waals surface area contributed by atoms with Gasteiger partial charge in [0.15, 0.2) is 25.2 Å². The van der Waals surface area contributed by atoms with Crippen LogP contribution in [0.5, 0.6) is 0 Å². The molecule has 12 nitrogen and oxygen atoms in total. The Balaban J connectivity index is 0.000000230. The van der Waals surface area contributed by atoms with Crippen molar-refractivity contribution < 1.29 is 58.3 Å². The molecule has 0 bridgehead atoms. The van der Waals surface area contributed by atoms with Crippen LogP contribution >= 0.6 is 0 Å². The molecule has 2 aliphatic carbocycles. The van der Waals surface area contributed by atoms with Crippen LogP contribution in [-0.4, -0.2) is 121 Å². The summed E-state index contributed by atoms with van der Waals surface area (Å²) in [5, 5.41) is 41.3. The van der Waals surface area contributed by atoms with Gasteiger partial charge in [-0.05, 0) is 139 Å². The van der Waals surface area contributed by atoms with E-state index in [9.17, 15) is 20.4 Å². The minimum atomic E-state index is -0.869. The lowest BCUT2D eigenvalue weighted by Crippen LogP contribution is -2.32. The summed E-state index contributed by atoms with van der Waals surface area (Å²) in [6, 6.07) is 20.9. The number of aliphatic hydroxyl groups excluding tert-OH is 4. The topological polar surface area (TPSA) is 155 Å². The lowest BCUT2D eigenvalue weighted by Gasteiger charge is -2.30. The van der Waals surface area contributed by atoms with Gasteiger partial charge in [-0.15, -0.1) is 6.58 Å². The van der Waals surface area contributed by atoms with E-state index in [0.717, 1.165) is 129 Å². The number of aryl methyl sites for hydroxylation is 2. The highest BCUT2D eigenvalue weighted by Gasteiger charge is 2.45. The van der Waals surface area contributed by atoms with Crippen molar-refractivity contribution >= 4 is 0 Å². The third-order valence-electron chi connectivity index (χ3n) is 15.1. The second kappa shape index (κ2) is 31.8. The van der Waals surface area contributed by atoms with Crippen molar-refractivity contribution in [2.24, 2.45) is 23.7 Å². The molecule has 8 rings (SSSR count). The zero-order chi connectivity index (χ0) is 48.8. The average Bonchev–Trinajstić information content (AvgIpc) is 3.85. The fourth-order valence-electron chi connectivity index (χ4n) is 11.1. The Labute approximate surface area is 426 Å². The van der Waals surface area contributed by atoms with Crippen molar-refractivity contribution in [3.63, 3.8) is 0 Å². The highest BCUT2D eigenvalue weighted by Crippen LogP contribution is 2.41. The lowest BCUT2D eigenvalue weighted by atomic mass is 9.87. The van der Waals surface area contributed by atoms with Crippen LogP contribution in [0, 0.1) is 23.7 Å². The third-order valence-corrected chi connectivity index (χ3v) is 15.1. The molecule has 6 aliphatic rings. The molecule has 2 saturated carbocycles. The monoisotopic (exact) mass is 991 g/mol. The standard InChI is InChI=1S/C29H44O7.C29H42O5.CH4/c30-20-22(31)18-25-24(27(19-26(25)32)36-29-11-5-7-17-34-29)15-14-23(35-28-10-4-6-16-33-28)13-12-21-8-2-1-3-9-21;1-2-10-24-25(27(21-26(24)30)34-29-14-7-9-20-32-29)18-17-23(33-28-13-6-8-19-31-28)16-15-22-11-4-3-5-12-22;/h1-3,8-9,14-15,22-32H,4-7,10-13,16-20H2;2-5,11-12,17-18,23-30H,1,6-10,13-16,19-21H2;1H4/b15-14+;18-17+;/t22?,23-,24+,25+,26-,27+,28?,29?;23-,24+,25+,26-,27+,28?,29?;/m00./s1. The first-order valence-corrected chi connectivity index (χ1v) is 27.1. The SMILES string of the molecule is C.C=CC[C@@H]1[C@@H](/C=C/[C@H](CCc2ccccc2)OC2CCCCO2)[C@H](OC2CCCCO2)C[C@@H]1O.OCC(O)C[C@@H]1[C@@H](/C=C/[C@H](CCc2ccccc2)OC2CCCCO2)[C@H](OC2CCCCO2)C[C@@H]1O. The number of rotatable bonds is 23. The van der Waals surface area contributed by atoms with E-state index in [2.05, 4.69) is 85.5 Å². The number of allylic oxidation sites excluding steroid dienone is 1. The van der Waals surface area contributed by atoms with E-state index < -0.39 is 18.3 Å². The summed E-state index contributed by atoms with van der Waals surface area (Å²) in [6.07, 6.45) is 25.6. The van der Waals surface area contributed by atoms with Gasteiger partial charge in [0.05, 0.1) is 49.3 Å². The molecule has 5 unspecified atom stereocenters. The van der Waals surface area contributed by atoms with Gasteiger partial charge in [-0.3, -0.25) is 0 Å². The van der Waals surface area contributed by atoms with E-state index in [1.165, 1.54) is 11.1 Å². The molecule has 4 saturated heterocycles. The molecule has 0 spiro atoms. The quantitative estimate of drug-likeness (QED) is 0.0784. The van der Waals surface area contributed by atoms with Gasteiger partial charge in [0.1, 0.15) is 0 Å². The highest BCUT2D eigenvalue weighted by atomic mass is 16.7. The molecule has 2 aromatic rings. The summed E-state index contributed by atoms with van der Waals surface area (Å²) in [7, 11) is 0. The number of hydrogen-bond acceptors (Lipinski definition) is 12. The number of hydrogen-bond donors (Lipinski definition) is 4. The summed E-state index contributed by atoms with van der Waals surface area (Å²) in [5.41, 5.74) is 2.57. The van der Waals surface area contributed by atoms with Crippen molar-refractivity contribution in [2.45, 2.75) is 204 Å². The van der Waals surface area contributed by atoms with Crippen molar-refractivity contribution in [3.8, 4) is 0 Å². The first kappa shape index (κ1) is 57.5. The van der Waals surface area contributed by atoms with Gasteiger partial charge in [0.2, 0.25) is 0 Å². The first-order valence-electron chi connectivity index (χ1n) is 27.1. The lowest BCUT2D eigenvalue weighted by molar-refractivity contribution is -0.193. The summed E-state index contributed by atoms with van der Waals surface area (Å²) in [5.74, 6) is -0.115. The van der Waals surface area contributed by atoms with Crippen LogP contribution in [0.4, 0.5) is 0 Å². The second-order valence-corrected chi connectivity index (χ2v) is 20.4. The van der Waals surface area contributed by atoms with Crippen LogP contribution in [0.25, 0.3) is 0 Å². The summed E-state index contributed by atoms with van der Waals surface area (Å²) < 4.78 is 49.0. The maximum Gasteiger partial charge on any atom is 0.158 e. The Hall–Kier alpha value is -2.82. The van der Waals surface area contributed by atoms with E-state index >= 15 is 0 Å². The first-order chi connectivity index (χ1) is 34.3. The molecule has 6 fully saturated rings. The summed E-state index contributed by atoms with van der Waals surface area (Å²) in [6.45, 7) is 6.56. The zero-order valence-electron chi connectivity index (χ0n) is 41.8. The fourth-order valence-corrected chi connectivity index (χ4v) is 11.1. The van der Waals surface area contributed by atoms with Gasteiger partial charge in [-0.1, -0.05) is 98.5 Å². The molecule has 4 heterocycles. The maximum absolute atomic E-state index is 10.9. The minimum Gasteiger partial charge on any atom is -0.394 e. The fraction of sp³-hybridized carbons (Fsp3) is 0.695. The summed E-state index contributed by atoms with van der Waals surface area (Å²) >= 11 is 0. The van der Waals surface area contributed by atoms with Crippen LogP contribution in [0.1, 0.15) is 134 Å². The second-order valence-electron chi connectivity index (χ2n) is 20.4. The van der Waals surface area contributed by atoms with E-state index in [-0.39, 0.29) is 87.3 Å². The number of ether oxygens (including phenoxy) is 8. The molecule has 12 heteroatoms. The van der Waals surface area contributed by atoms with E-state index in [4.69, 9.17) is 37.9 Å². The molecular weight excluding hydrogens is 901 g/mol. The Bertz CT molecular complexity index is 1760. The smallest absolute Gasteiger partial charge is 0.158 e. The van der Waals surface area contributed by atoms with Crippen LogP contribution in [0.15, 0.2) is 97.6 Å². The minimum absolute atomic E-state index is 0. The molecule has 4 aliphatic heterocycles. The van der Waals surface area contributed by atoms with Crippen LogP contribution in [0.3, 0.4) is 0 Å². The van der Waals surface area contributed by atoms with Crippen molar-refractivity contribution in [3.05, 3.63) is 109 Å².